The van der Waals surface area contributed by atoms with Crippen LogP contribution in [0.1, 0.15) is 51.5 Å². The molecular weight excluding hydrogens is 456 g/mol. The predicted octanol–water partition coefficient (Wildman–Crippen LogP) is 1.66. The van der Waals surface area contributed by atoms with Gasteiger partial charge in [0, 0.05) is 35.0 Å². The Hall–Kier alpha value is -2.49. The third-order valence-corrected chi connectivity index (χ3v) is 10.1. The molecule has 9 nitrogen and oxygen atoms in total. The van der Waals surface area contributed by atoms with Gasteiger partial charge in [-0.25, -0.2) is 0 Å². The van der Waals surface area contributed by atoms with Gasteiger partial charge >= 0.3 is 11.9 Å². The van der Waals surface area contributed by atoms with Crippen LogP contribution in [-0.4, -0.2) is 64.1 Å². The van der Waals surface area contributed by atoms with Crippen molar-refractivity contribution in [1.29, 1.82) is 0 Å². The zero-order valence-corrected chi connectivity index (χ0v) is 20.0. The Morgan fingerprint density at radius 2 is 1.83 bits per heavy atom. The van der Waals surface area contributed by atoms with E-state index in [4.69, 9.17) is 18.6 Å². The van der Waals surface area contributed by atoms with Crippen LogP contribution in [0.5, 0.6) is 0 Å². The summed E-state index contributed by atoms with van der Waals surface area (Å²) in [7, 11) is 0. The van der Waals surface area contributed by atoms with Gasteiger partial charge in [0.15, 0.2) is 11.4 Å². The second kappa shape index (κ2) is 6.83. The van der Waals surface area contributed by atoms with E-state index in [1.807, 2.05) is 6.92 Å². The number of cyclic esters (lactones) is 1. The molecule has 1 aromatic rings. The van der Waals surface area contributed by atoms with E-state index in [0.717, 1.165) is 0 Å². The van der Waals surface area contributed by atoms with Crippen molar-refractivity contribution in [2.45, 2.75) is 75.5 Å². The van der Waals surface area contributed by atoms with Crippen LogP contribution in [0.2, 0.25) is 0 Å². The van der Waals surface area contributed by atoms with Gasteiger partial charge in [-0.15, -0.1) is 0 Å². The smallest absolute Gasteiger partial charge is 0.309 e. The summed E-state index contributed by atoms with van der Waals surface area (Å²) >= 11 is 0. The summed E-state index contributed by atoms with van der Waals surface area (Å²) in [5, 5.41) is 24.0. The minimum absolute atomic E-state index is 0.0112. The van der Waals surface area contributed by atoms with E-state index in [0.29, 0.717) is 5.56 Å². The minimum Gasteiger partial charge on any atom is -0.472 e. The van der Waals surface area contributed by atoms with Crippen molar-refractivity contribution in [3.8, 4) is 0 Å². The largest absolute Gasteiger partial charge is 0.472 e. The Morgan fingerprint density at radius 3 is 2.51 bits per heavy atom. The lowest BCUT2D eigenvalue weighted by molar-refractivity contribution is -0.202. The zero-order valence-electron chi connectivity index (χ0n) is 20.0. The van der Waals surface area contributed by atoms with E-state index >= 15 is 0 Å². The summed E-state index contributed by atoms with van der Waals surface area (Å²) < 4.78 is 22.7. The van der Waals surface area contributed by atoms with Gasteiger partial charge in [0.25, 0.3) is 0 Å². The molecule has 2 N–H and O–H groups in total. The molecule has 188 valence electrons. The number of carbonyl (C=O) groups excluding carboxylic acids is 3. The number of esters is 2. The number of rotatable bonds is 1. The molecule has 0 bridgehead atoms. The van der Waals surface area contributed by atoms with Crippen LogP contribution in [0.15, 0.2) is 35.2 Å². The molecule has 3 saturated heterocycles. The molecule has 35 heavy (non-hydrogen) atoms. The standard InChI is InChI=1S/C26H30O9/c1-12-20-21(22(30)25(4)14(13-5-6-32-10-13)7-16(27)26(12,25)31)34-17-9-19(29)35-23(2)11-33-18(28)8-15(23)24(17,20)3/h5-6,10,14-15,17,20-22,30-31H,1,7-9,11H2,2-4H3. The predicted molar refractivity (Wildman–Crippen MR) is 118 cm³/mol. The van der Waals surface area contributed by atoms with E-state index in [2.05, 4.69) is 6.58 Å². The van der Waals surface area contributed by atoms with Gasteiger partial charge in [0.2, 0.25) is 0 Å². The van der Waals surface area contributed by atoms with Gasteiger partial charge in [0.05, 0.1) is 43.7 Å². The first-order valence-corrected chi connectivity index (χ1v) is 12.1. The molecule has 0 spiro atoms. The van der Waals surface area contributed by atoms with E-state index in [9.17, 15) is 24.6 Å². The number of hydrogen-bond acceptors (Lipinski definition) is 9. The first-order valence-electron chi connectivity index (χ1n) is 12.1. The molecule has 1 aromatic heterocycles. The quantitative estimate of drug-likeness (QED) is 0.449. The summed E-state index contributed by atoms with van der Waals surface area (Å²) in [6.07, 6.45) is 0.123. The lowest BCUT2D eigenvalue weighted by Gasteiger charge is -2.57. The number of ketones is 1. The fourth-order valence-electron chi connectivity index (χ4n) is 8.25. The fourth-order valence-corrected chi connectivity index (χ4v) is 8.25. The molecule has 9 heteroatoms. The summed E-state index contributed by atoms with van der Waals surface area (Å²) in [6.45, 7) is 9.48. The molecule has 10 unspecified atom stereocenters. The van der Waals surface area contributed by atoms with Crippen LogP contribution < -0.4 is 0 Å². The average molecular weight is 487 g/mol. The molecular formula is C26H30O9. The Morgan fingerprint density at radius 1 is 1.09 bits per heavy atom. The number of furan rings is 1. The van der Waals surface area contributed by atoms with Gasteiger partial charge in [-0.05, 0) is 24.1 Å². The van der Waals surface area contributed by atoms with E-state index in [1.54, 1.807) is 19.9 Å². The van der Waals surface area contributed by atoms with Gasteiger partial charge in [-0.3, -0.25) is 14.4 Å². The highest BCUT2D eigenvalue weighted by molar-refractivity contribution is 5.96. The highest BCUT2D eigenvalue weighted by Crippen LogP contribution is 2.70. The molecule has 4 heterocycles. The third kappa shape index (κ3) is 2.51. The normalized spacial score (nSPS) is 51.0. The van der Waals surface area contributed by atoms with Crippen LogP contribution >= 0.6 is 0 Å². The Kier molecular flexibility index (Phi) is 4.48. The maximum absolute atomic E-state index is 13.5. The second-order valence-electron chi connectivity index (χ2n) is 11.5. The van der Waals surface area contributed by atoms with Gasteiger partial charge in [-0.1, -0.05) is 20.4 Å². The van der Waals surface area contributed by atoms with Gasteiger partial charge < -0.3 is 28.8 Å². The van der Waals surface area contributed by atoms with Crippen molar-refractivity contribution >= 4 is 17.7 Å². The van der Waals surface area contributed by atoms with Crippen LogP contribution in [0.25, 0.3) is 0 Å². The van der Waals surface area contributed by atoms with Crippen LogP contribution in [0.3, 0.4) is 0 Å². The molecule has 0 amide bonds. The maximum atomic E-state index is 13.5. The summed E-state index contributed by atoms with van der Waals surface area (Å²) in [5.41, 5.74) is -4.45. The third-order valence-electron chi connectivity index (χ3n) is 10.1. The lowest BCUT2D eigenvalue weighted by Crippen LogP contribution is -2.67. The highest BCUT2D eigenvalue weighted by atomic mass is 16.6. The number of hydrogen-bond donors (Lipinski definition) is 2. The number of aliphatic hydroxyl groups excluding tert-OH is 1. The monoisotopic (exact) mass is 486 g/mol. The Bertz CT molecular complexity index is 1140. The summed E-state index contributed by atoms with van der Waals surface area (Å²) in [5.74, 6) is -3.07. The number of aliphatic hydroxyl groups is 2. The molecule has 6 rings (SSSR count). The van der Waals surface area contributed by atoms with E-state index in [-0.39, 0.29) is 31.4 Å². The topological polar surface area (TPSA) is 132 Å². The summed E-state index contributed by atoms with van der Waals surface area (Å²) in [6, 6.07) is 1.73. The average Bonchev–Trinajstić information content (AvgIpc) is 3.46. The fraction of sp³-hybridized carbons (Fsp3) is 0.654. The Balaban J connectivity index is 1.52. The van der Waals surface area contributed by atoms with Crippen molar-refractivity contribution in [3.05, 3.63) is 36.3 Å². The van der Waals surface area contributed by atoms with Crippen molar-refractivity contribution < 1.29 is 43.2 Å². The minimum atomic E-state index is -2.03. The first-order chi connectivity index (χ1) is 16.4. The van der Waals surface area contributed by atoms with Crippen LogP contribution in [0, 0.1) is 22.7 Å². The number of ether oxygens (including phenoxy) is 3. The first kappa shape index (κ1) is 22.9. The second-order valence-corrected chi connectivity index (χ2v) is 11.5. The van der Waals surface area contributed by atoms with Crippen molar-refractivity contribution in [2.75, 3.05) is 6.61 Å². The maximum Gasteiger partial charge on any atom is 0.309 e. The van der Waals surface area contributed by atoms with Crippen LogP contribution in [0.4, 0.5) is 0 Å². The van der Waals surface area contributed by atoms with Gasteiger partial charge in [0.1, 0.15) is 12.2 Å². The number of fused-ring (bicyclic) bond motifs is 6. The Labute approximate surface area is 202 Å². The number of Topliss-reactive ketones (excluding diaryl/α,β-unsaturated/α-hetero) is 1. The molecule has 2 saturated carbocycles. The van der Waals surface area contributed by atoms with Crippen LogP contribution in [-0.2, 0) is 28.6 Å². The van der Waals surface area contributed by atoms with E-state index in [1.165, 1.54) is 12.5 Å². The molecule has 5 fully saturated rings. The molecule has 0 aromatic carbocycles. The molecule has 2 aliphatic carbocycles. The molecule has 0 radical (unpaired) electrons. The lowest BCUT2D eigenvalue weighted by atomic mass is 9.48. The van der Waals surface area contributed by atoms with E-state index < -0.39 is 75.8 Å². The SMILES string of the molecule is C=C1C2C(OC3CC(=O)OC4(C)COC(=O)CC4C32C)C(O)C2(C)C(c3ccoc3)CC(=O)C12O. The van der Waals surface area contributed by atoms with Gasteiger partial charge in [-0.2, -0.15) is 0 Å². The zero-order chi connectivity index (χ0) is 25.1. The number of carbonyl (C=O) groups is 3. The molecule has 10 atom stereocenters. The summed E-state index contributed by atoms with van der Waals surface area (Å²) in [4.78, 5) is 38.8. The van der Waals surface area contributed by atoms with Crippen molar-refractivity contribution in [3.63, 3.8) is 0 Å². The molecule has 3 aliphatic heterocycles. The highest BCUT2D eigenvalue weighted by Gasteiger charge is 2.78. The molecule has 5 aliphatic rings. The van der Waals surface area contributed by atoms with Crippen molar-refractivity contribution in [1.82, 2.24) is 0 Å². The van der Waals surface area contributed by atoms with Crippen molar-refractivity contribution in [2.24, 2.45) is 22.7 Å².